The van der Waals surface area contributed by atoms with Crippen molar-refractivity contribution in [1.82, 2.24) is 9.97 Å². The lowest BCUT2D eigenvalue weighted by atomic mass is 9.55. The molecule has 0 bridgehead atoms. The van der Waals surface area contributed by atoms with Crippen LogP contribution in [0.3, 0.4) is 0 Å². The minimum atomic E-state index is -0.494. The molecule has 0 N–H and O–H groups in total. The average molecular weight is 614 g/mol. The maximum absolute atomic E-state index is 9.68. The Morgan fingerprint density at radius 1 is 0.479 bits per heavy atom. The van der Waals surface area contributed by atoms with E-state index in [-0.39, 0.29) is 5.41 Å². The van der Waals surface area contributed by atoms with Gasteiger partial charge in [-0.05, 0) is 62.7 Å². The fourth-order valence-corrected chi connectivity index (χ4v) is 8.32. The van der Waals surface area contributed by atoms with Crippen molar-refractivity contribution in [1.29, 1.82) is 5.26 Å². The van der Waals surface area contributed by atoms with Crippen molar-refractivity contribution < 1.29 is 0 Å². The van der Waals surface area contributed by atoms with E-state index < -0.39 is 5.41 Å². The molecular weight excluding hydrogens is 583 g/mol. The van der Waals surface area contributed by atoms with Crippen LogP contribution in [-0.2, 0) is 10.8 Å². The molecule has 1 heterocycles. The lowest BCUT2D eigenvalue weighted by Gasteiger charge is -2.46. The van der Waals surface area contributed by atoms with Gasteiger partial charge in [0.25, 0.3) is 0 Å². The van der Waals surface area contributed by atoms with Crippen LogP contribution < -0.4 is 0 Å². The van der Waals surface area contributed by atoms with E-state index in [4.69, 9.17) is 9.97 Å². The number of hydrogen-bond donors (Lipinski definition) is 0. The van der Waals surface area contributed by atoms with Crippen LogP contribution in [0.4, 0.5) is 0 Å². The Kier molecular flexibility index (Phi) is 6.13. The second-order valence-corrected chi connectivity index (χ2v) is 13.3. The summed E-state index contributed by atoms with van der Waals surface area (Å²) < 4.78 is 0. The molecule has 3 heteroatoms. The molecule has 7 aromatic rings. The molecule has 1 spiro atoms. The van der Waals surface area contributed by atoms with Crippen LogP contribution in [0.1, 0.15) is 52.8 Å². The summed E-state index contributed by atoms with van der Waals surface area (Å²) in [5.41, 5.74) is 14.7. The smallest absolute Gasteiger partial charge is 0.161 e. The van der Waals surface area contributed by atoms with Gasteiger partial charge in [-0.2, -0.15) is 5.26 Å². The zero-order valence-electron chi connectivity index (χ0n) is 26.8. The van der Waals surface area contributed by atoms with Gasteiger partial charge in [-0.15, -0.1) is 0 Å². The Morgan fingerprint density at radius 3 is 1.69 bits per heavy atom. The van der Waals surface area contributed by atoms with Crippen LogP contribution in [0.2, 0.25) is 0 Å². The fraction of sp³-hybridized carbons (Fsp3) is 0.0889. The lowest BCUT2D eigenvalue weighted by molar-refractivity contribution is 0.563. The zero-order valence-corrected chi connectivity index (χ0v) is 26.8. The van der Waals surface area contributed by atoms with Gasteiger partial charge in [-0.25, -0.2) is 9.97 Å². The number of rotatable bonds is 3. The van der Waals surface area contributed by atoms with Crippen molar-refractivity contribution in [2.45, 2.75) is 24.7 Å². The van der Waals surface area contributed by atoms with E-state index in [0.717, 1.165) is 28.1 Å². The summed E-state index contributed by atoms with van der Waals surface area (Å²) in [5, 5.41) is 9.68. The third-order valence-electron chi connectivity index (χ3n) is 10.4. The van der Waals surface area contributed by atoms with Gasteiger partial charge in [-0.1, -0.05) is 147 Å². The van der Waals surface area contributed by atoms with E-state index in [2.05, 4.69) is 123 Å². The summed E-state index contributed by atoms with van der Waals surface area (Å²) in [7, 11) is 0. The predicted molar refractivity (Wildman–Crippen MR) is 192 cm³/mol. The van der Waals surface area contributed by atoms with Gasteiger partial charge in [0.2, 0.25) is 0 Å². The standard InChI is InChI=1S/C45H31N3/c1-44(2)35-21-8-10-23-37(35)45(38-24-11-9-22-36(38)44)34-20-7-6-18-32(34)42-33(19-13-25-39(42)45)43-47-40(30-15-4-3-5-16-30)27-41(48-43)31-17-12-14-29(26-31)28-46/h3-27H,1-2H3. The van der Waals surface area contributed by atoms with Crippen LogP contribution in [0.15, 0.2) is 152 Å². The van der Waals surface area contributed by atoms with E-state index in [0.29, 0.717) is 11.4 Å². The van der Waals surface area contributed by atoms with Crippen molar-refractivity contribution in [2.24, 2.45) is 0 Å². The quantitative estimate of drug-likeness (QED) is 0.199. The Labute approximate surface area is 280 Å². The molecule has 6 aromatic carbocycles. The van der Waals surface area contributed by atoms with Crippen molar-refractivity contribution in [3.63, 3.8) is 0 Å². The molecule has 226 valence electrons. The number of aromatic nitrogens is 2. The SMILES string of the molecule is CC1(C)c2ccccc2C2(c3ccccc3-c3c(-c4nc(-c5ccccc5)cc(-c5cccc(C#N)c5)n4)cccc32)c2ccccc21. The summed E-state index contributed by atoms with van der Waals surface area (Å²) in [6.07, 6.45) is 0. The van der Waals surface area contributed by atoms with Crippen LogP contribution in [0.25, 0.3) is 45.0 Å². The van der Waals surface area contributed by atoms with E-state index >= 15 is 0 Å². The van der Waals surface area contributed by atoms with Crippen LogP contribution >= 0.6 is 0 Å². The molecule has 0 saturated carbocycles. The maximum atomic E-state index is 9.68. The van der Waals surface area contributed by atoms with Gasteiger partial charge >= 0.3 is 0 Å². The summed E-state index contributed by atoms with van der Waals surface area (Å²) in [4.78, 5) is 10.5. The molecule has 9 rings (SSSR count). The largest absolute Gasteiger partial charge is 0.228 e. The molecule has 0 radical (unpaired) electrons. The first-order valence-electron chi connectivity index (χ1n) is 16.4. The van der Waals surface area contributed by atoms with Crippen LogP contribution in [0, 0.1) is 11.3 Å². The molecule has 0 atom stereocenters. The number of nitrogens with zero attached hydrogens (tertiary/aromatic N) is 3. The van der Waals surface area contributed by atoms with Gasteiger partial charge < -0.3 is 0 Å². The fourth-order valence-electron chi connectivity index (χ4n) is 8.32. The maximum Gasteiger partial charge on any atom is 0.161 e. The Bertz CT molecular complexity index is 2400. The average Bonchev–Trinajstić information content (AvgIpc) is 3.45. The van der Waals surface area contributed by atoms with Gasteiger partial charge in [0.15, 0.2) is 5.82 Å². The second kappa shape index (κ2) is 10.5. The van der Waals surface area contributed by atoms with Crippen molar-refractivity contribution in [3.8, 4) is 51.1 Å². The topological polar surface area (TPSA) is 49.6 Å². The minimum absolute atomic E-state index is 0.159. The molecule has 2 aliphatic carbocycles. The molecule has 3 nitrogen and oxygen atoms in total. The summed E-state index contributed by atoms with van der Waals surface area (Å²) in [6, 6.07) is 55.7. The summed E-state index contributed by atoms with van der Waals surface area (Å²) in [6.45, 7) is 4.70. The summed E-state index contributed by atoms with van der Waals surface area (Å²) >= 11 is 0. The van der Waals surface area contributed by atoms with Crippen molar-refractivity contribution >= 4 is 0 Å². The zero-order chi connectivity index (χ0) is 32.5. The highest BCUT2D eigenvalue weighted by atomic mass is 14.9. The molecule has 48 heavy (non-hydrogen) atoms. The predicted octanol–water partition coefficient (Wildman–Crippen LogP) is 10.4. The van der Waals surface area contributed by atoms with E-state index in [9.17, 15) is 5.26 Å². The number of fused-ring (bicyclic) bond motifs is 9. The first-order chi connectivity index (χ1) is 23.5. The molecule has 0 unspecified atom stereocenters. The Hall–Kier alpha value is -6.11. The van der Waals surface area contributed by atoms with Crippen molar-refractivity contribution in [3.05, 3.63) is 191 Å². The highest BCUT2D eigenvalue weighted by Crippen LogP contribution is 2.63. The van der Waals surface area contributed by atoms with E-state index in [1.165, 1.54) is 44.5 Å². The normalized spacial score (nSPS) is 14.4. The monoisotopic (exact) mass is 613 g/mol. The molecule has 0 fully saturated rings. The first-order valence-corrected chi connectivity index (χ1v) is 16.4. The van der Waals surface area contributed by atoms with Gasteiger partial charge in [-0.3, -0.25) is 0 Å². The molecule has 0 saturated heterocycles. The number of nitriles is 1. The number of benzene rings is 6. The van der Waals surface area contributed by atoms with Crippen LogP contribution in [-0.4, -0.2) is 9.97 Å². The molecule has 2 aliphatic rings. The second-order valence-electron chi connectivity index (χ2n) is 13.3. The minimum Gasteiger partial charge on any atom is -0.228 e. The summed E-state index contributed by atoms with van der Waals surface area (Å²) in [5.74, 6) is 0.662. The van der Waals surface area contributed by atoms with E-state index in [1.54, 1.807) is 0 Å². The molecular formula is C45H31N3. The lowest BCUT2D eigenvalue weighted by Crippen LogP contribution is -2.40. The third-order valence-corrected chi connectivity index (χ3v) is 10.4. The molecule has 0 amide bonds. The Balaban J connectivity index is 1.38. The first kappa shape index (κ1) is 28.1. The number of hydrogen-bond acceptors (Lipinski definition) is 3. The Morgan fingerprint density at radius 2 is 1.00 bits per heavy atom. The third kappa shape index (κ3) is 3.87. The molecule has 0 aliphatic heterocycles. The van der Waals surface area contributed by atoms with Gasteiger partial charge in [0, 0.05) is 22.1 Å². The van der Waals surface area contributed by atoms with Crippen molar-refractivity contribution in [2.75, 3.05) is 0 Å². The van der Waals surface area contributed by atoms with Gasteiger partial charge in [0.05, 0.1) is 28.4 Å². The molecule has 1 aromatic heterocycles. The van der Waals surface area contributed by atoms with E-state index in [1.807, 2.05) is 48.5 Å². The van der Waals surface area contributed by atoms with Gasteiger partial charge in [0.1, 0.15) is 0 Å². The highest BCUT2D eigenvalue weighted by molar-refractivity contribution is 5.95. The highest BCUT2D eigenvalue weighted by Gasteiger charge is 2.53. The van der Waals surface area contributed by atoms with Crippen LogP contribution in [0.5, 0.6) is 0 Å².